The van der Waals surface area contributed by atoms with Gasteiger partial charge < -0.3 is 9.67 Å². The highest BCUT2D eigenvalue weighted by molar-refractivity contribution is 4.85. The summed E-state index contributed by atoms with van der Waals surface area (Å²) >= 11 is 0. The highest BCUT2D eigenvalue weighted by Gasteiger charge is 2.16. The van der Waals surface area contributed by atoms with E-state index in [0.29, 0.717) is 0 Å². The summed E-state index contributed by atoms with van der Waals surface area (Å²) in [6.07, 6.45) is 3.67. The second kappa shape index (κ2) is 3.79. The van der Waals surface area contributed by atoms with Crippen molar-refractivity contribution in [2.75, 3.05) is 0 Å². The SMILES string of the molecule is CC[C@@H]([C@@H](C)O)n1ccn(C)c1=O. The van der Waals surface area contributed by atoms with E-state index < -0.39 is 6.10 Å². The van der Waals surface area contributed by atoms with E-state index >= 15 is 0 Å². The zero-order chi connectivity index (χ0) is 10.0. The molecule has 2 atom stereocenters. The molecule has 1 aromatic rings. The Morgan fingerprint density at radius 3 is 2.46 bits per heavy atom. The summed E-state index contributed by atoms with van der Waals surface area (Å²) in [4.78, 5) is 11.5. The van der Waals surface area contributed by atoms with Gasteiger partial charge in [-0.05, 0) is 13.3 Å². The molecule has 0 aliphatic heterocycles. The first kappa shape index (κ1) is 10.1. The van der Waals surface area contributed by atoms with Crippen LogP contribution in [0.5, 0.6) is 0 Å². The zero-order valence-electron chi connectivity index (χ0n) is 8.27. The molecule has 1 heterocycles. The average molecular weight is 184 g/mol. The van der Waals surface area contributed by atoms with Crippen LogP contribution in [0, 0.1) is 0 Å². The number of hydrogen-bond donors (Lipinski definition) is 1. The van der Waals surface area contributed by atoms with Crippen molar-refractivity contribution in [1.82, 2.24) is 9.13 Å². The summed E-state index contributed by atoms with van der Waals surface area (Å²) in [7, 11) is 1.70. The Morgan fingerprint density at radius 2 is 2.15 bits per heavy atom. The fourth-order valence-electron chi connectivity index (χ4n) is 1.50. The summed E-state index contributed by atoms with van der Waals surface area (Å²) in [5.74, 6) is 0. The normalized spacial score (nSPS) is 15.7. The predicted octanol–water partition coefficient (Wildman–Crippen LogP) is 0.519. The minimum Gasteiger partial charge on any atom is -0.391 e. The zero-order valence-corrected chi connectivity index (χ0v) is 8.27. The lowest BCUT2D eigenvalue weighted by atomic mass is 10.1. The van der Waals surface area contributed by atoms with Crippen LogP contribution < -0.4 is 5.69 Å². The maximum atomic E-state index is 11.5. The molecule has 0 fully saturated rings. The lowest BCUT2D eigenvalue weighted by Crippen LogP contribution is -2.30. The first-order valence-electron chi connectivity index (χ1n) is 4.49. The Kier molecular flexibility index (Phi) is 2.93. The van der Waals surface area contributed by atoms with Crippen molar-refractivity contribution in [3.63, 3.8) is 0 Å². The van der Waals surface area contributed by atoms with Crippen LogP contribution in [0.3, 0.4) is 0 Å². The average Bonchev–Trinajstić information content (AvgIpc) is 2.37. The lowest BCUT2D eigenvalue weighted by molar-refractivity contribution is 0.125. The van der Waals surface area contributed by atoms with Crippen LogP contribution in [0.1, 0.15) is 26.3 Å². The van der Waals surface area contributed by atoms with E-state index in [1.54, 1.807) is 30.9 Å². The fourth-order valence-corrected chi connectivity index (χ4v) is 1.50. The number of aliphatic hydroxyl groups is 1. The van der Waals surface area contributed by atoms with Crippen LogP contribution in [0.4, 0.5) is 0 Å². The van der Waals surface area contributed by atoms with Crippen LogP contribution >= 0.6 is 0 Å². The van der Waals surface area contributed by atoms with E-state index in [4.69, 9.17) is 0 Å². The first-order valence-corrected chi connectivity index (χ1v) is 4.49. The lowest BCUT2D eigenvalue weighted by Gasteiger charge is -2.18. The molecule has 0 aliphatic rings. The van der Waals surface area contributed by atoms with Crippen LogP contribution in [-0.2, 0) is 7.05 Å². The van der Waals surface area contributed by atoms with E-state index in [2.05, 4.69) is 0 Å². The largest absolute Gasteiger partial charge is 0.391 e. The molecule has 13 heavy (non-hydrogen) atoms. The standard InChI is InChI=1S/C9H16N2O2/c1-4-8(7(2)12)11-6-5-10(3)9(11)13/h5-8,12H,4H2,1-3H3/t7-,8+/m1/s1. The third-order valence-corrected chi connectivity index (χ3v) is 2.31. The van der Waals surface area contributed by atoms with Gasteiger partial charge in [0.25, 0.3) is 0 Å². The maximum Gasteiger partial charge on any atom is 0.328 e. The van der Waals surface area contributed by atoms with Crippen LogP contribution in [-0.4, -0.2) is 20.3 Å². The van der Waals surface area contributed by atoms with Crippen molar-refractivity contribution >= 4 is 0 Å². The van der Waals surface area contributed by atoms with E-state index in [-0.39, 0.29) is 11.7 Å². The van der Waals surface area contributed by atoms with Crippen LogP contribution in [0.15, 0.2) is 17.2 Å². The summed E-state index contributed by atoms with van der Waals surface area (Å²) in [5, 5.41) is 9.43. The van der Waals surface area contributed by atoms with Gasteiger partial charge in [0.2, 0.25) is 0 Å². The fraction of sp³-hybridized carbons (Fsp3) is 0.667. The quantitative estimate of drug-likeness (QED) is 0.744. The number of imidazole rings is 1. The van der Waals surface area contributed by atoms with Crippen LogP contribution in [0.2, 0.25) is 0 Å². The summed E-state index contributed by atoms with van der Waals surface area (Å²) in [5.41, 5.74) is -0.0762. The second-order valence-corrected chi connectivity index (χ2v) is 3.32. The van der Waals surface area contributed by atoms with Gasteiger partial charge in [0.1, 0.15) is 0 Å². The highest BCUT2D eigenvalue weighted by Crippen LogP contribution is 2.12. The molecule has 0 saturated heterocycles. The molecular weight excluding hydrogens is 168 g/mol. The van der Waals surface area contributed by atoms with E-state index in [1.807, 2.05) is 6.92 Å². The number of nitrogens with zero attached hydrogens (tertiary/aromatic N) is 2. The molecular formula is C9H16N2O2. The Hall–Kier alpha value is -1.03. The number of aliphatic hydroxyl groups excluding tert-OH is 1. The van der Waals surface area contributed by atoms with Gasteiger partial charge in [-0.25, -0.2) is 4.79 Å². The molecule has 0 saturated carbocycles. The Bertz CT molecular complexity index is 325. The molecule has 1 N–H and O–H groups in total. The van der Waals surface area contributed by atoms with Gasteiger partial charge in [-0.15, -0.1) is 0 Å². The molecule has 4 heteroatoms. The van der Waals surface area contributed by atoms with Gasteiger partial charge in [-0.2, -0.15) is 0 Å². The molecule has 1 rings (SSSR count). The molecule has 0 aromatic carbocycles. The minimum atomic E-state index is -0.495. The van der Waals surface area contributed by atoms with Gasteiger partial charge >= 0.3 is 5.69 Å². The Labute approximate surface area is 77.4 Å². The predicted molar refractivity (Wildman–Crippen MR) is 50.7 cm³/mol. The third-order valence-electron chi connectivity index (χ3n) is 2.31. The molecule has 74 valence electrons. The van der Waals surface area contributed by atoms with Gasteiger partial charge in [0.15, 0.2) is 0 Å². The molecule has 4 nitrogen and oxygen atoms in total. The topological polar surface area (TPSA) is 47.2 Å². The summed E-state index contributed by atoms with van der Waals surface area (Å²) in [6, 6.07) is -0.117. The van der Waals surface area contributed by atoms with Gasteiger partial charge in [0, 0.05) is 19.4 Å². The van der Waals surface area contributed by atoms with E-state index in [9.17, 15) is 9.90 Å². The van der Waals surface area contributed by atoms with E-state index in [0.717, 1.165) is 6.42 Å². The molecule has 0 radical (unpaired) electrons. The number of hydrogen-bond acceptors (Lipinski definition) is 2. The molecule has 0 bridgehead atoms. The Balaban J connectivity index is 3.05. The third kappa shape index (κ3) is 1.83. The molecule has 0 amide bonds. The first-order chi connectivity index (χ1) is 6.07. The minimum absolute atomic E-state index is 0.0762. The molecule has 0 spiro atoms. The van der Waals surface area contributed by atoms with Crippen molar-refractivity contribution in [3.05, 3.63) is 22.9 Å². The molecule has 0 aliphatic carbocycles. The summed E-state index contributed by atoms with van der Waals surface area (Å²) < 4.78 is 3.08. The highest BCUT2D eigenvalue weighted by atomic mass is 16.3. The number of aryl methyl sites for hydroxylation is 1. The van der Waals surface area contributed by atoms with Gasteiger partial charge in [0.05, 0.1) is 12.1 Å². The maximum absolute atomic E-state index is 11.5. The number of aromatic nitrogens is 2. The van der Waals surface area contributed by atoms with E-state index in [1.165, 1.54) is 4.57 Å². The van der Waals surface area contributed by atoms with Crippen molar-refractivity contribution in [1.29, 1.82) is 0 Å². The van der Waals surface area contributed by atoms with Crippen molar-refractivity contribution < 1.29 is 5.11 Å². The Morgan fingerprint density at radius 1 is 1.54 bits per heavy atom. The van der Waals surface area contributed by atoms with Crippen molar-refractivity contribution in [3.8, 4) is 0 Å². The van der Waals surface area contributed by atoms with Gasteiger partial charge in [-0.3, -0.25) is 4.57 Å². The monoisotopic (exact) mass is 184 g/mol. The second-order valence-electron chi connectivity index (χ2n) is 3.32. The van der Waals surface area contributed by atoms with Gasteiger partial charge in [-0.1, -0.05) is 6.92 Å². The molecule has 0 unspecified atom stereocenters. The number of rotatable bonds is 3. The summed E-state index contributed by atoms with van der Waals surface area (Å²) in [6.45, 7) is 3.66. The smallest absolute Gasteiger partial charge is 0.328 e. The van der Waals surface area contributed by atoms with Crippen LogP contribution in [0.25, 0.3) is 0 Å². The van der Waals surface area contributed by atoms with Crippen molar-refractivity contribution in [2.45, 2.75) is 32.4 Å². The molecule has 1 aromatic heterocycles. The van der Waals surface area contributed by atoms with Crippen molar-refractivity contribution in [2.24, 2.45) is 7.05 Å².